The first-order valence-electron chi connectivity index (χ1n) is 4.60. The minimum absolute atomic E-state index is 0.677. The maximum Gasteiger partial charge on any atom is 0.225 e. The van der Waals surface area contributed by atoms with Crippen molar-refractivity contribution in [1.82, 2.24) is 9.97 Å². The van der Waals surface area contributed by atoms with E-state index in [-0.39, 0.29) is 0 Å². The predicted octanol–water partition coefficient (Wildman–Crippen LogP) is 2.18. The van der Waals surface area contributed by atoms with Crippen molar-refractivity contribution in [3.8, 4) is 0 Å². The van der Waals surface area contributed by atoms with Crippen molar-refractivity contribution >= 4 is 33.6 Å². The summed E-state index contributed by atoms with van der Waals surface area (Å²) in [5, 5.41) is 0.677. The minimum atomic E-state index is 0.677. The van der Waals surface area contributed by atoms with Crippen LogP contribution in [0.25, 0.3) is 0 Å². The Labute approximate surface area is 96.4 Å². The molecular formula is C9H12BrN3S. The van der Waals surface area contributed by atoms with Crippen LogP contribution in [0.15, 0.2) is 16.9 Å². The summed E-state index contributed by atoms with van der Waals surface area (Å²) in [4.78, 5) is 10.8. The summed E-state index contributed by atoms with van der Waals surface area (Å²) >= 11 is 5.35. The molecular weight excluding hydrogens is 262 g/mol. The van der Waals surface area contributed by atoms with E-state index in [0.29, 0.717) is 5.25 Å². The maximum absolute atomic E-state index is 4.30. The first-order valence-corrected chi connectivity index (χ1v) is 6.44. The Hall–Kier alpha value is -0.290. The van der Waals surface area contributed by atoms with Gasteiger partial charge in [0.1, 0.15) is 0 Å². The van der Waals surface area contributed by atoms with E-state index in [4.69, 9.17) is 0 Å². The Morgan fingerprint density at radius 3 is 2.86 bits per heavy atom. The normalized spacial score (nSPS) is 22.4. The molecule has 0 spiro atoms. The van der Waals surface area contributed by atoms with Crippen LogP contribution in [-0.4, -0.2) is 34.1 Å². The van der Waals surface area contributed by atoms with Gasteiger partial charge < -0.3 is 4.90 Å². The van der Waals surface area contributed by atoms with Crippen LogP contribution in [0, 0.1) is 0 Å². The molecule has 0 amide bonds. The topological polar surface area (TPSA) is 29.0 Å². The Bertz CT molecular complexity index is 303. The molecule has 0 saturated carbocycles. The number of aromatic nitrogens is 2. The fourth-order valence-electron chi connectivity index (χ4n) is 1.47. The molecule has 3 nitrogen and oxygen atoms in total. The first-order chi connectivity index (χ1) is 6.75. The van der Waals surface area contributed by atoms with E-state index >= 15 is 0 Å². The van der Waals surface area contributed by atoms with Crippen molar-refractivity contribution in [2.45, 2.75) is 12.2 Å². The molecule has 0 aromatic carbocycles. The summed E-state index contributed by atoms with van der Waals surface area (Å²) in [7, 11) is 0. The Morgan fingerprint density at radius 2 is 2.21 bits per heavy atom. The zero-order chi connectivity index (χ0) is 9.97. The molecule has 1 aromatic heterocycles. The number of halogens is 1. The van der Waals surface area contributed by atoms with E-state index in [1.165, 1.54) is 5.75 Å². The fourth-order valence-corrected chi connectivity index (χ4v) is 2.69. The molecule has 2 heterocycles. The van der Waals surface area contributed by atoms with Crippen molar-refractivity contribution in [1.29, 1.82) is 0 Å². The number of rotatable bonds is 1. The summed E-state index contributed by atoms with van der Waals surface area (Å²) in [5.41, 5.74) is 0. The Kier molecular flexibility index (Phi) is 3.28. The summed E-state index contributed by atoms with van der Waals surface area (Å²) < 4.78 is 0.931. The van der Waals surface area contributed by atoms with Crippen LogP contribution in [0.3, 0.4) is 0 Å². The van der Waals surface area contributed by atoms with Crippen molar-refractivity contribution in [2.24, 2.45) is 0 Å². The minimum Gasteiger partial charge on any atom is -0.339 e. The number of nitrogens with zero attached hydrogens (tertiary/aromatic N) is 3. The zero-order valence-corrected chi connectivity index (χ0v) is 10.4. The van der Waals surface area contributed by atoms with E-state index in [9.17, 15) is 0 Å². The smallest absolute Gasteiger partial charge is 0.225 e. The fraction of sp³-hybridized carbons (Fsp3) is 0.556. The van der Waals surface area contributed by atoms with Crippen LogP contribution in [-0.2, 0) is 0 Å². The van der Waals surface area contributed by atoms with E-state index in [0.717, 1.165) is 23.5 Å². The van der Waals surface area contributed by atoms with Gasteiger partial charge in [-0.2, -0.15) is 11.8 Å². The summed E-state index contributed by atoms with van der Waals surface area (Å²) in [6.45, 7) is 4.35. The van der Waals surface area contributed by atoms with E-state index in [1.54, 1.807) is 12.4 Å². The zero-order valence-electron chi connectivity index (χ0n) is 7.98. The molecule has 2 rings (SSSR count). The quantitative estimate of drug-likeness (QED) is 0.785. The maximum atomic E-state index is 4.30. The second kappa shape index (κ2) is 4.49. The van der Waals surface area contributed by atoms with Gasteiger partial charge in [-0.25, -0.2) is 9.97 Å². The van der Waals surface area contributed by atoms with Crippen LogP contribution in [0.2, 0.25) is 0 Å². The molecule has 76 valence electrons. The van der Waals surface area contributed by atoms with Gasteiger partial charge in [-0.05, 0) is 15.9 Å². The largest absolute Gasteiger partial charge is 0.339 e. The highest BCUT2D eigenvalue weighted by molar-refractivity contribution is 9.10. The Balaban J connectivity index is 2.10. The van der Waals surface area contributed by atoms with E-state index < -0.39 is 0 Å². The summed E-state index contributed by atoms with van der Waals surface area (Å²) in [6.07, 6.45) is 3.60. The van der Waals surface area contributed by atoms with E-state index in [1.807, 2.05) is 11.8 Å². The van der Waals surface area contributed by atoms with Crippen molar-refractivity contribution in [3.05, 3.63) is 16.9 Å². The standard InChI is InChI=1S/C9H12BrN3S/c1-7-6-13(2-3-14-7)9-11-4-8(10)5-12-9/h4-5,7H,2-3,6H2,1H3. The van der Waals surface area contributed by atoms with Crippen molar-refractivity contribution in [2.75, 3.05) is 23.7 Å². The van der Waals surface area contributed by atoms with E-state index in [2.05, 4.69) is 37.7 Å². The molecule has 0 N–H and O–H groups in total. The SMILES string of the molecule is CC1CN(c2ncc(Br)cn2)CCS1. The molecule has 1 aliphatic heterocycles. The van der Waals surface area contributed by atoms with Crippen molar-refractivity contribution < 1.29 is 0 Å². The number of thioether (sulfide) groups is 1. The van der Waals surface area contributed by atoms with Gasteiger partial charge in [-0.1, -0.05) is 6.92 Å². The lowest BCUT2D eigenvalue weighted by molar-refractivity contribution is 0.754. The third-order valence-corrected chi connectivity index (χ3v) is 3.68. The average Bonchev–Trinajstić information content (AvgIpc) is 2.19. The molecule has 0 radical (unpaired) electrons. The molecule has 1 saturated heterocycles. The highest BCUT2D eigenvalue weighted by Crippen LogP contribution is 2.21. The third kappa shape index (κ3) is 2.39. The molecule has 0 aliphatic carbocycles. The Morgan fingerprint density at radius 1 is 1.50 bits per heavy atom. The highest BCUT2D eigenvalue weighted by atomic mass is 79.9. The van der Waals surface area contributed by atoms with Gasteiger partial charge in [-0.15, -0.1) is 0 Å². The van der Waals surface area contributed by atoms with Crippen LogP contribution < -0.4 is 4.90 Å². The monoisotopic (exact) mass is 273 g/mol. The van der Waals surface area contributed by atoms with Gasteiger partial charge >= 0.3 is 0 Å². The lowest BCUT2D eigenvalue weighted by Gasteiger charge is -2.30. The highest BCUT2D eigenvalue weighted by Gasteiger charge is 2.18. The van der Waals surface area contributed by atoms with Gasteiger partial charge in [-0.3, -0.25) is 0 Å². The van der Waals surface area contributed by atoms with Gasteiger partial charge in [0, 0.05) is 36.5 Å². The average molecular weight is 274 g/mol. The lowest BCUT2D eigenvalue weighted by atomic mass is 10.4. The van der Waals surface area contributed by atoms with Crippen LogP contribution in [0.1, 0.15) is 6.92 Å². The lowest BCUT2D eigenvalue weighted by Crippen LogP contribution is -2.37. The molecule has 1 aromatic rings. The molecule has 1 aliphatic rings. The second-order valence-corrected chi connectivity index (χ2v) is 5.79. The van der Waals surface area contributed by atoms with Gasteiger partial charge in [0.05, 0.1) is 4.47 Å². The van der Waals surface area contributed by atoms with Gasteiger partial charge in [0.15, 0.2) is 0 Å². The molecule has 1 atom stereocenters. The molecule has 0 bridgehead atoms. The van der Waals surface area contributed by atoms with Crippen LogP contribution in [0.4, 0.5) is 5.95 Å². The van der Waals surface area contributed by atoms with Crippen molar-refractivity contribution in [3.63, 3.8) is 0 Å². The molecule has 14 heavy (non-hydrogen) atoms. The number of hydrogen-bond donors (Lipinski definition) is 0. The third-order valence-electron chi connectivity index (χ3n) is 2.13. The van der Waals surface area contributed by atoms with Gasteiger partial charge in [0.2, 0.25) is 5.95 Å². The predicted molar refractivity (Wildman–Crippen MR) is 63.9 cm³/mol. The second-order valence-electron chi connectivity index (χ2n) is 3.33. The van der Waals surface area contributed by atoms with Gasteiger partial charge in [0.25, 0.3) is 0 Å². The molecule has 5 heteroatoms. The number of hydrogen-bond acceptors (Lipinski definition) is 4. The molecule has 1 unspecified atom stereocenters. The van der Waals surface area contributed by atoms with Crippen LogP contribution in [0.5, 0.6) is 0 Å². The van der Waals surface area contributed by atoms with Crippen LogP contribution >= 0.6 is 27.7 Å². The number of anilines is 1. The first kappa shape index (κ1) is 10.2. The summed E-state index contributed by atoms with van der Waals surface area (Å²) in [6, 6.07) is 0. The molecule has 1 fully saturated rings. The summed E-state index contributed by atoms with van der Waals surface area (Å²) in [5.74, 6) is 2.01.